The van der Waals surface area contributed by atoms with Gasteiger partial charge in [-0.3, -0.25) is 0 Å². The molecule has 1 aliphatic heterocycles. The molecule has 2 heteroatoms. The van der Waals surface area contributed by atoms with E-state index in [0.29, 0.717) is 0 Å². The first-order valence-electron chi connectivity index (χ1n) is 6.38. The van der Waals surface area contributed by atoms with Gasteiger partial charge in [0.05, 0.1) is 0 Å². The van der Waals surface area contributed by atoms with Gasteiger partial charge in [0.25, 0.3) is 0 Å². The number of rotatable bonds is 5. The van der Waals surface area contributed by atoms with E-state index in [1.54, 1.807) is 0 Å². The van der Waals surface area contributed by atoms with Crippen LogP contribution in [0.1, 0.15) is 38.5 Å². The van der Waals surface area contributed by atoms with E-state index in [4.69, 9.17) is 0 Å². The Morgan fingerprint density at radius 3 is 2.43 bits per heavy atom. The van der Waals surface area contributed by atoms with E-state index in [9.17, 15) is 0 Å². The molecular weight excluding hydrogens is 172 g/mol. The largest absolute Gasteiger partial charge is 0.315 e. The molecule has 82 valence electrons. The van der Waals surface area contributed by atoms with Crippen molar-refractivity contribution >= 4 is 0 Å². The second kappa shape index (κ2) is 5.72. The van der Waals surface area contributed by atoms with Crippen LogP contribution in [0, 0.1) is 5.92 Å². The van der Waals surface area contributed by atoms with Gasteiger partial charge in [-0.2, -0.15) is 0 Å². The van der Waals surface area contributed by atoms with E-state index in [-0.39, 0.29) is 0 Å². The highest BCUT2D eigenvalue weighted by Gasteiger charge is 2.16. The monoisotopic (exact) mass is 196 g/mol. The van der Waals surface area contributed by atoms with Crippen LogP contribution in [0.5, 0.6) is 0 Å². The summed E-state index contributed by atoms with van der Waals surface area (Å²) < 4.78 is 0. The van der Waals surface area contributed by atoms with Gasteiger partial charge in [0.1, 0.15) is 0 Å². The zero-order valence-corrected chi connectivity index (χ0v) is 9.30. The van der Waals surface area contributed by atoms with Gasteiger partial charge in [-0.1, -0.05) is 12.8 Å². The van der Waals surface area contributed by atoms with Crippen molar-refractivity contribution in [1.29, 1.82) is 0 Å². The van der Waals surface area contributed by atoms with E-state index in [1.165, 1.54) is 71.2 Å². The van der Waals surface area contributed by atoms with Gasteiger partial charge in [0, 0.05) is 13.1 Å². The molecule has 1 N–H and O–H groups in total. The van der Waals surface area contributed by atoms with Crippen LogP contribution in [0.2, 0.25) is 0 Å². The van der Waals surface area contributed by atoms with Crippen molar-refractivity contribution in [2.75, 3.05) is 32.7 Å². The van der Waals surface area contributed by atoms with Crippen LogP contribution in [0.3, 0.4) is 0 Å². The molecule has 1 heterocycles. The topological polar surface area (TPSA) is 15.3 Å². The fourth-order valence-electron chi connectivity index (χ4n) is 2.42. The Balaban J connectivity index is 1.45. The van der Waals surface area contributed by atoms with Gasteiger partial charge in [-0.15, -0.1) is 0 Å². The molecule has 2 nitrogen and oxygen atoms in total. The Morgan fingerprint density at radius 1 is 1.00 bits per heavy atom. The maximum absolute atomic E-state index is 3.59. The van der Waals surface area contributed by atoms with Gasteiger partial charge < -0.3 is 10.2 Å². The molecule has 0 radical (unpaired) electrons. The van der Waals surface area contributed by atoms with Crippen molar-refractivity contribution in [2.45, 2.75) is 38.5 Å². The molecule has 1 saturated heterocycles. The van der Waals surface area contributed by atoms with Crippen molar-refractivity contribution < 1.29 is 0 Å². The minimum atomic E-state index is 1.01. The number of nitrogens with zero attached hydrogens (tertiary/aromatic N) is 1. The van der Waals surface area contributed by atoms with Gasteiger partial charge in [0.15, 0.2) is 0 Å². The molecule has 2 aliphatic rings. The summed E-state index contributed by atoms with van der Waals surface area (Å²) in [6, 6.07) is 0. The summed E-state index contributed by atoms with van der Waals surface area (Å²) in [5.74, 6) is 1.01. The summed E-state index contributed by atoms with van der Waals surface area (Å²) in [5.41, 5.74) is 0. The molecular formula is C12H24N2. The van der Waals surface area contributed by atoms with Gasteiger partial charge in [0.2, 0.25) is 0 Å². The first-order chi connectivity index (χ1) is 6.95. The van der Waals surface area contributed by atoms with Crippen LogP contribution in [0.25, 0.3) is 0 Å². The van der Waals surface area contributed by atoms with Gasteiger partial charge >= 0.3 is 0 Å². The van der Waals surface area contributed by atoms with E-state index < -0.39 is 0 Å². The molecule has 0 aromatic carbocycles. The Kier molecular flexibility index (Phi) is 4.26. The Labute approximate surface area is 88.1 Å². The van der Waals surface area contributed by atoms with Crippen molar-refractivity contribution in [3.05, 3.63) is 0 Å². The quantitative estimate of drug-likeness (QED) is 0.675. The lowest BCUT2D eigenvalue weighted by Gasteiger charge is -2.28. The fraction of sp³-hybridized carbons (Fsp3) is 1.00. The number of nitrogens with one attached hydrogen (secondary N) is 1. The first-order valence-corrected chi connectivity index (χ1v) is 6.38. The van der Waals surface area contributed by atoms with Crippen LogP contribution in [0.15, 0.2) is 0 Å². The molecule has 0 unspecified atom stereocenters. The Bertz CT molecular complexity index is 148. The number of hydrogen-bond acceptors (Lipinski definition) is 2. The van der Waals surface area contributed by atoms with E-state index in [0.717, 1.165) is 5.92 Å². The molecule has 1 saturated carbocycles. The lowest BCUT2D eigenvalue weighted by atomic mass is 9.85. The predicted octanol–water partition coefficient (Wildman–Crippen LogP) is 1.86. The summed E-state index contributed by atoms with van der Waals surface area (Å²) in [6.45, 7) is 6.42. The third-order valence-electron chi connectivity index (χ3n) is 3.71. The third kappa shape index (κ3) is 3.25. The molecule has 0 aromatic heterocycles. The minimum absolute atomic E-state index is 1.01. The third-order valence-corrected chi connectivity index (χ3v) is 3.71. The second-order valence-electron chi connectivity index (χ2n) is 4.90. The molecule has 0 aromatic rings. The highest BCUT2D eigenvalue weighted by atomic mass is 15.1. The molecule has 0 bridgehead atoms. The average molecular weight is 196 g/mol. The Morgan fingerprint density at radius 2 is 1.79 bits per heavy atom. The smallest absolute Gasteiger partial charge is 0.0107 e. The summed E-state index contributed by atoms with van der Waals surface area (Å²) >= 11 is 0. The molecule has 2 rings (SSSR count). The Hall–Kier alpha value is -0.0800. The molecule has 0 atom stereocenters. The van der Waals surface area contributed by atoms with Crippen molar-refractivity contribution in [3.8, 4) is 0 Å². The van der Waals surface area contributed by atoms with E-state index >= 15 is 0 Å². The zero-order chi connectivity index (χ0) is 9.64. The van der Waals surface area contributed by atoms with Crippen LogP contribution >= 0.6 is 0 Å². The van der Waals surface area contributed by atoms with Crippen LogP contribution < -0.4 is 5.32 Å². The number of likely N-dealkylation sites (tertiary alicyclic amines) is 1. The summed E-state index contributed by atoms with van der Waals surface area (Å²) in [4.78, 5) is 2.61. The molecule has 1 aliphatic carbocycles. The molecule has 14 heavy (non-hydrogen) atoms. The predicted molar refractivity (Wildman–Crippen MR) is 60.5 cm³/mol. The SMILES string of the molecule is C1CCN(CCNCC2CCC2)CC1. The average Bonchev–Trinajstić information content (AvgIpc) is 2.16. The van der Waals surface area contributed by atoms with E-state index in [2.05, 4.69) is 10.2 Å². The maximum atomic E-state index is 3.59. The van der Waals surface area contributed by atoms with Crippen LogP contribution in [0.4, 0.5) is 0 Å². The zero-order valence-electron chi connectivity index (χ0n) is 9.30. The van der Waals surface area contributed by atoms with Crippen molar-refractivity contribution in [3.63, 3.8) is 0 Å². The number of hydrogen-bond donors (Lipinski definition) is 1. The standard InChI is InChI=1S/C12H24N2/c1-2-8-14(9-3-1)10-7-13-11-12-5-4-6-12/h12-13H,1-11H2. The van der Waals surface area contributed by atoms with Crippen molar-refractivity contribution in [2.24, 2.45) is 5.92 Å². The van der Waals surface area contributed by atoms with Crippen LogP contribution in [-0.4, -0.2) is 37.6 Å². The number of piperidine rings is 1. The molecule has 2 fully saturated rings. The maximum Gasteiger partial charge on any atom is 0.0107 e. The molecule has 0 amide bonds. The highest BCUT2D eigenvalue weighted by molar-refractivity contribution is 4.72. The van der Waals surface area contributed by atoms with E-state index in [1.807, 2.05) is 0 Å². The van der Waals surface area contributed by atoms with Gasteiger partial charge in [-0.25, -0.2) is 0 Å². The lowest BCUT2D eigenvalue weighted by Crippen LogP contribution is -2.37. The first kappa shape index (κ1) is 10.4. The molecule has 0 spiro atoms. The van der Waals surface area contributed by atoms with Gasteiger partial charge in [-0.05, 0) is 51.2 Å². The fourth-order valence-corrected chi connectivity index (χ4v) is 2.42. The highest BCUT2D eigenvalue weighted by Crippen LogP contribution is 2.24. The van der Waals surface area contributed by atoms with Crippen molar-refractivity contribution in [1.82, 2.24) is 10.2 Å². The lowest BCUT2D eigenvalue weighted by molar-refractivity contribution is 0.223. The second-order valence-corrected chi connectivity index (χ2v) is 4.90. The normalized spacial score (nSPS) is 24.9. The summed E-state index contributed by atoms with van der Waals surface area (Å²) in [5, 5.41) is 3.59. The summed E-state index contributed by atoms with van der Waals surface area (Å²) in [6.07, 6.45) is 8.70. The van der Waals surface area contributed by atoms with Crippen LogP contribution in [-0.2, 0) is 0 Å². The summed E-state index contributed by atoms with van der Waals surface area (Å²) in [7, 11) is 0. The minimum Gasteiger partial charge on any atom is -0.315 e.